The molecule has 14 nitrogen and oxygen atoms in total. The maximum Gasteiger partial charge on any atom is 0.338 e. The number of aliphatic hydroxyl groups is 5. The maximum absolute atomic E-state index is 14.3. The van der Waals surface area contributed by atoms with Gasteiger partial charge in [-0.25, -0.2) is 4.79 Å². The van der Waals surface area contributed by atoms with Gasteiger partial charge >= 0.3 is 11.9 Å². The number of carbonyl (C=O) groups is 4. The number of fused-ring (bicyclic) bond motifs is 5. The first kappa shape index (κ1) is 34.1. The van der Waals surface area contributed by atoms with E-state index in [1.165, 1.54) is 45.3 Å². The Balaban J connectivity index is 1.63. The van der Waals surface area contributed by atoms with Gasteiger partial charge in [0.2, 0.25) is 5.91 Å². The molecule has 11 atom stereocenters. The quantitative estimate of drug-likeness (QED) is 0.168. The number of Topliss-reactive ketones (excluding diaryl/α,β-unsaturated/α-hetero) is 1. The van der Waals surface area contributed by atoms with Crippen molar-refractivity contribution in [3.8, 4) is 0 Å². The zero-order valence-corrected chi connectivity index (χ0v) is 26.6. The van der Waals surface area contributed by atoms with E-state index < -0.39 is 101 Å². The highest BCUT2D eigenvalue weighted by Gasteiger charge is 2.76. The number of esters is 2. The minimum absolute atomic E-state index is 0.0194. The summed E-state index contributed by atoms with van der Waals surface area (Å²) in [4.78, 5) is 56.4. The Morgan fingerprint density at radius 2 is 1.72 bits per heavy atom. The highest BCUT2D eigenvalue weighted by molar-refractivity contribution is 5.93. The third-order valence-electron chi connectivity index (χ3n) is 10.9. The number of ketones is 1. The van der Waals surface area contributed by atoms with Gasteiger partial charge in [0.05, 0.1) is 30.3 Å². The van der Waals surface area contributed by atoms with Gasteiger partial charge < -0.3 is 45.1 Å². The first-order chi connectivity index (χ1) is 21.3. The Kier molecular flexibility index (Phi) is 8.49. The summed E-state index contributed by atoms with van der Waals surface area (Å²) < 4.78 is 17.1. The van der Waals surface area contributed by atoms with Crippen molar-refractivity contribution >= 4 is 23.6 Å². The lowest BCUT2D eigenvalue weighted by Crippen LogP contribution is -2.81. The zero-order valence-electron chi connectivity index (χ0n) is 26.6. The van der Waals surface area contributed by atoms with E-state index in [1.54, 1.807) is 13.8 Å². The van der Waals surface area contributed by atoms with Crippen LogP contribution >= 0.6 is 0 Å². The molecule has 3 fully saturated rings. The minimum Gasteiger partial charge on any atom is -0.459 e. The van der Waals surface area contributed by atoms with Crippen LogP contribution in [0.25, 0.3) is 0 Å². The number of carbonyl (C=O) groups excluding carboxylic acids is 4. The van der Waals surface area contributed by atoms with Crippen molar-refractivity contribution in [2.45, 2.75) is 108 Å². The van der Waals surface area contributed by atoms with E-state index >= 15 is 0 Å². The second-order valence-corrected chi connectivity index (χ2v) is 13.8. The molecule has 14 heteroatoms. The third-order valence-corrected chi connectivity index (χ3v) is 10.9. The summed E-state index contributed by atoms with van der Waals surface area (Å²) in [6.07, 6.45) is -7.04. The van der Waals surface area contributed by atoms with Gasteiger partial charge in [-0.05, 0) is 42.7 Å². The van der Waals surface area contributed by atoms with Crippen LogP contribution in [0.5, 0.6) is 0 Å². The lowest BCUT2D eigenvalue weighted by Gasteiger charge is -2.66. The molecule has 1 saturated heterocycles. The lowest BCUT2D eigenvalue weighted by molar-refractivity contribution is -0.345. The van der Waals surface area contributed by atoms with Crippen molar-refractivity contribution in [1.82, 2.24) is 10.3 Å². The van der Waals surface area contributed by atoms with E-state index in [0.717, 1.165) is 6.92 Å². The molecule has 2 heterocycles. The average molecular weight is 647 g/mol. The van der Waals surface area contributed by atoms with Gasteiger partial charge in [-0.1, -0.05) is 13.8 Å². The van der Waals surface area contributed by atoms with Crippen LogP contribution in [0.1, 0.15) is 66.0 Å². The molecule has 2 saturated carbocycles. The van der Waals surface area contributed by atoms with E-state index in [4.69, 9.17) is 14.2 Å². The van der Waals surface area contributed by atoms with Crippen LogP contribution in [-0.4, -0.2) is 109 Å². The maximum atomic E-state index is 14.3. The molecule has 1 aromatic heterocycles. The van der Waals surface area contributed by atoms with Gasteiger partial charge in [-0.3, -0.25) is 19.4 Å². The molecule has 1 amide bonds. The molecule has 5 rings (SSSR count). The first-order valence-corrected chi connectivity index (χ1v) is 15.2. The second-order valence-electron chi connectivity index (χ2n) is 13.8. The molecule has 1 aromatic rings. The van der Waals surface area contributed by atoms with Crippen LogP contribution in [0.2, 0.25) is 0 Å². The largest absolute Gasteiger partial charge is 0.459 e. The summed E-state index contributed by atoms with van der Waals surface area (Å²) in [6.45, 7) is 8.00. The van der Waals surface area contributed by atoms with E-state index in [2.05, 4.69) is 10.3 Å². The number of aromatic nitrogens is 1. The second kappa shape index (κ2) is 11.5. The van der Waals surface area contributed by atoms with Gasteiger partial charge in [0.1, 0.15) is 29.5 Å². The number of hydrogen-bond donors (Lipinski definition) is 6. The monoisotopic (exact) mass is 646 g/mol. The van der Waals surface area contributed by atoms with Gasteiger partial charge in [-0.15, -0.1) is 0 Å². The molecule has 0 aromatic carbocycles. The Labute approximate surface area is 265 Å². The summed E-state index contributed by atoms with van der Waals surface area (Å²) in [5, 5.41) is 61.5. The number of ether oxygens (including phenoxy) is 3. The molecule has 46 heavy (non-hydrogen) atoms. The van der Waals surface area contributed by atoms with Gasteiger partial charge in [0, 0.05) is 50.4 Å². The minimum atomic E-state index is -2.22. The predicted octanol–water partition coefficient (Wildman–Crippen LogP) is -0.599. The Morgan fingerprint density at radius 1 is 1.09 bits per heavy atom. The number of amides is 1. The van der Waals surface area contributed by atoms with Crippen molar-refractivity contribution in [2.75, 3.05) is 6.61 Å². The lowest BCUT2D eigenvalue weighted by atomic mass is 9.45. The van der Waals surface area contributed by atoms with Crippen molar-refractivity contribution < 1.29 is 58.9 Å². The summed E-state index contributed by atoms with van der Waals surface area (Å²) in [6, 6.07) is 1.76. The van der Waals surface area contributed by atoms with Gasteiger partial charge in [-0.2, -0.15) is 0 Å². The van der Waals surface area contributed by atoms with Gasteiger partial charge in [0.15, 0.2) is 11.9 Å². The molecular weight excluding hydrogens is 604 g/mol. The molecular formula is C32H42N2O12. The molecule has 3 aliphatic carbocycles. The fraction of sp³-hybridized carbons (Fsp3) is 0.656. The number of nitrogens with zero attached hydrogens (tertiary/aromatic N) is 1. The van der Waals surface area contributed by atoms with E-state index in [1.807, 2.05) is 0 Å². The van der Waals surface area contributed by atoms with Crippen LogP contribution in [0.3, 0.4) is 0 Å². The van der Waals surface area contributed by atoms with Crippen molar-refractivity contribution in [1.29, 1.82) is 0 Å². The molecule has 1 aliphatic heterocycles. The van der Waals surface area contributed by atoms with Gasteiger partial charge in [0.25, 0.3) is 0 Å². The van der Waals surface area contributed by atoms with E-state index in [9.17, 15) is 44.7 Å². The number of rotatable bonds is 6. The first-order valence-electron chi connectivity index (χ1n) is 15.2. The van der Waals surface area contributed by atoms with Crippen LogP contribution in [0.4, 0.5) is 0 Å². The van der Waals surface area contributed by atoms with Crippen LogP contribution < -0.4 is 5.32 Å². The molecule has 6 N–H and O–H groups in total. The topological polar surface area (TPSA) is 222 Å². The summed E-state index contributed by atoms with van der Waals surface area (Å²) in [5.41, 5.74) is -6.94. The fourth-order valence-corrected chi connectivity index (χ4v) is 8.28. The smallest absolute Gasteiger partial charge is 0.338 e. The predicted molar refractivity (Wildman–Crippen MR) is 156 cm³/mol. The van der Waals surface area contributed by atoms with E-state index in [0.29, 0.717) is 5.56 Å². The summed E-state index contributed by atoms with van der Waals surface area (Å²) >= 11 is 0. The Morgan fingerprint density at radius 3 is 2.26 bits per heavy atom. The van der Waals surface area contributed by atoms with Crippen LogP contribution in [0, 0.1) is 16.7 Å². The molecule has 4 aliphatic rings. The number of pyridine rings is 1. The highest BCUT2D eigenvalue weighted by Crippen LogP contribution is 2.63. The summed E-state index contributed by atoms with van der Waals surface area (Å²) in [5.74, 6) is -4.90. The number of nitrogens with one attached hydrogen (secondary N) is 1. The highest BCUT2D eigenvalue weighted by atomic mass is 16.6. The van der Waals surface area contributed by atoms with Crippen LogP contribution in [0.15, 0.2) is 35.7 Å². The normalized spacial score (nSPS) is 39.3. The number of aliphatic hydroxyl groups excluding tert-OH is 3. The van der Waals surface area contributed by atoms with Crippen molar-refractivity contribution in [2.24, 2.45) is 16.7 Å². The summed E-state index contributed by atoms with van der Waals surface area (Å²) in [7, 11) is 0. The van der Waals surface area contributed by atoms with Crippen molar-refractivity contribution in [3.63, 3.8) is 0 Å². The SMILES string of the molecule is CC(=O)N[C@@H](c1ccncc1)[C@@H](O)C(=O)OC1C[C@@]2(O)[C@@H](OC(C)=O)[C@@H]3[C@]4(O)CO[C@@H]4C[C@H](O)[C@@]3(C)C(=O)[C@H](O)C(=C1C)C2(C)C. The standard InChI is InChI=1S/C32H42N2O12/c1-14-18(46-28(41)24(39)22(34-15(2)35)17-7-9-33-10-8-17)12-32(43)27(45-16(3)36)25-30(6,19(37)11-20-31(25,42)13-44-20)26(40)23(38)21(14)29(32,4)5/h7-10,18-20,22-25,27,37-39,42-43H,11-13H2,1-6H3,(H,34,35)/t18?,19-,20+,22-,23+,24+,25-,27-,30+,31-,32+/m0/s1. The number of hydrogen-bond acceptors (Lipinski definition) is 13. The van der Waals surface area contributed by atoms with E-state index in [-0.39, 0.29) is 24.2 Å². The molecule has 0 spiro atoms. The average Bonchev–Trinajstić information content (AvgIpc) is 2.98. The Bertz CT molecular complexity index is 1460. The molecule has 1 unspecified atom stereocenters. The molecule has 252 valence electrons. The van der Waals surface area contributed by atoms with Crippen LogP contribution in [-0.2, 0) is 33.4 Å². The third kappa shape index (κ3) is 4.88. The fourth-order valence-electron chi connectivity index (χ4n) is 8.28. The Hall–Kier alpha value is -3.27. The molecule has 0 radical (unpaired) electrons. The molecule has 2 bridgehead atoms. The zero-order chi connectivity index (χ0) is 34.1. The van der Waals surface area contributed by atoms with Crippen molar-refractivity contribution in [3.05, 3.63) is 41.2 Å².